The van der Waals surface area contributed by atoms with Crippen LogP contribution in [0.15, 0.2) is 78.9 Å². The minimum atomic E-state index is -0.562. The van der Waals surface area contributed by atoms with E-state index >= 15 is 0 Å². The van der Waals surface area contributed by atoms with Crippen LogP contribution in [0.4, 0.5) is 0 Å². The molecule has 1 N–H and O–H groups in total. The largest absolute Gasteiger partial charge is 0.508 e. The van der Waals surface area contributed by atoms with E-state index < -0.39 is 11.9 Å². The van der Waals surface area contributed by atoms with Gasteiger partial charge in [-0.2, -0.15) is 0 Å². The number of methoxy groups -OCH3 is 4. The lowest BCUT2D eigenvalue weighted by molar-refractivity contribution is -0.142. The Balaban J connectivity index is 1.28. The number of carbonyl (C=O) groups is 3. The Morgan fingerprint density at radius 3 is 1.68 bits per heavy atom. The van der Waals surface area contributed by atoms with E-state index in [9.17, 15) is 19.5 Å². The van der Waals surface area contributed by atoms with E-state index in [0.29, 0.717) is 109 Å². The summed E-state index contributed by atoms with van der Waals surface area (Å²) in [6.45, 7) is 10.4. The number of phenolic OH excluding ortho intramolecular Hbond substituents is 1. The molecule has 0 spiro atoms. The number of nitrogens with zero attached hydrogens (tertiary/aromatic N) is 6. The Kier molecular flexibility index (Phi) is 19.3. The summed E-state index contributed by atoms with van der Waals surface area (Å²) in [5.74, 6) is -0.640. The minimum absolute atomic E-state index is 0.0733. The zero-order chi connectivity index (χ0) is 48.4. The monoisotopic (exact) mass is 934 g/mol. The molecule has 3 aromatic heterocycles. The normalized spacial score (nSPS) is 13.9. The van der Waals surface area contributed by atoms with E-state index in [-0.39, 0.29) is 29.7 Å². The van der Waals surface area contributed by atoms with Crippen LogP contribution in [0.3, 0.4) is 0 Å². The lowest BCUT2D eigenvalue weighted by Gasteiger charge is -2.31. The highest BCUT2D eigenvalue weighted by Crippen LogP contribution is 2.30. The average Bonchev–Trinajstić information content (AvgIpc) is 3.33. The first kappa shape index (κ1) is 51.1. The second-order valence-electron chi connectivity index (χ2n) is 16.4. The van der Waals surface area contributed by atoms with Crippen LogP contribution in [0, 0.1) is 13.8 Å². The Hall–Kier alpha value is -6.34. The van der Waals surface area contributed by atoms with Gasteiger partial charge in [0.25, 0.3) is 0 Å². The van der Waals surface area contributed by atoms with Gasteiger partial charge in [0.05, 0.1) is 83.7 Å². The van der Waals surface area contributed by atoms with Crippen molar-refractivity contribution in [2.45, 2.75) is 40.0 Å². The van der Waals surface area contributed by atoms with Crippen LogP contribution in [0.25, 0.3) is 22.3 Å². The first-order chi connectivity index (χ1) is 32.9. The van der Waals surface area contributed by atoms with E-state index in [0.717, 1.165) is 44.8 Å². The molecule has 2 bridgehead atoms. The van der Waals surface area contributed by atoms with Crippen LogP contribution in [-0.2, 0) is 59.4 Å². The molecule has 0 atom stereocenters. The molecular weight excluding hydrogens is 873 g/mol. The van der Waals surface area contributed by atoms with Gasteiger partial charge in [-0.3, -0.25) is 24.5 Å². The van der Waals surface area contributed by atoms with Crippen molar-refractivity contribution in [3.63, 3.8) is 0 Å². The number of rotatable bonds is 20. The molecule has 0 saturated heterocycles. The van der Waals surface area contributed by atoms with Gasteiger partial charge in [-0.05, 0) is 108 Å². The highest BCUT2D eigenvalue weighted by atomic mass is 16.6. The molecule has 0 unspecified atom stereocenters. The fourth-order valence-electron chi connectivity index (χ4n) is 7.90. The number of fused-ring (bicyclic) bond motifs is 2. The molecule has 0 fully saturated rings. The first-order valence-electron chi connectivity index (χ1n) is 22.5. The molecule has 5 aromatic rings. The maximum absolute atomic E-state index is 13.1. The van der Waals surface area contributed by atoms with Gasteiger partial charge in [-0.15, -0.1) is 0 Å². The fraction of sp³-hybridized carbons (Fsp3) is 0.412. The number of ether oxygens (including phenoxy) is 7. The maximum Gasteiger partial charge on any atom is 0.356 e. The summed E-state index contributed by atoms with van der Waals surface area (Å²) in [5, 5.41) is 10.1. The van der Waals surface area contributed by atoms with Gasteiger partial charge in [0.1, 0.15) is 29.5 Å². The third-order valence-corrected chi connectivity index (χ3v) is 11.3. The summed E-state index contributed by atoms with van der Waals surface area (Å²) >= 11 is 0. The summed E-state index contributed by atoms with van der Waals surface area (Å²) < 4.78 is 37.4. The molecule has 17 nitrogen and oxygen atoms in total. The lowest BCUT2D eigenvalue weighted by atomic mass is 9.99. The van der Waals surface area contributed by atoms with Gasteiger partial charge >= 0.3 is 17.9 Å². The van der Waals surface area contributed by atoms with E-state index in [1.807, 2.05) is 73.3 Å². The number of esters is 3. The molecule has 68 heavy (non-hydrogen) atoms. The van der Waals surface area contributed by atoms with Crippen molar-refractivity contribution in [1.82, 2.24) is 29.7 Å². The Labute approximate surface area is 397 Å². The van der Waals surface area contributed by atoms with Gasteiger partial charge in [0, 0.05) is 59.5 Å². The van der Waals surface area contributed by atoms with Crippen molar-refractivity contribution in [3.8, 4) is 33.8 Å². The number of aromatic nitrogens is 3. The predicted molar refractivity (Wildman–Crippen MR) is 253 cm³/mol. The van der Waals surface area contributed by atoms with Gasteiger partial charge in [-0.1, -0.05) is 18.2 Å². The molecule has 1 aliphatic heterocycles. The zero-order valence-electron chi connectivity index (χ0n) is 39.8. The van der Waals surface area contributed by atoms with Crippen molar-refractivity contribution >= 4 is 17.9 Å². The maximum atomic E-state index is 13.1. The first-order valence-corrected chi connectivity index (χ1v) is 22.5. The van der Waals surface area contributed by atoms with E-state index in [2.05, 4.69) is 9.80 Å². The van der Waals surface area contributed by atoms with Crippen LogP contribution in [0.5, 0.6) is 11.5 Å². The molecule has 0 saturated carbocycles. The summed E-state index contributed by atoms with van der Waals surface area (Å²) in [4.78, 5) is 59.8. The average molecular weight is 935 g/mol. The summed E-state index contributed by atoms with van der Waals surface area (Å²) in [6, 6.07) is 24.2. The third-order valence-electron chi connectivity index (χ3n) is 11.3. The van der Waals surface area contributed by atoms with Crippen LogP contribution in [0.1, 0.15) is 54.9 Å². The molecule has 6 rings (SSSR count). The van der Waals surface area contributed by atoms with Crippen LogP contribution >= 0.6 is 0 Å². The number of aromatic hydroxyl groups is 1. The molecular formula is C51H62N6O11. The Morgan fingerprint density at radius 1 is 0.574 bits per heavy atom. The number of benzene rings is 2. The van der Waals surface area contributed by atoms with E-state index in [1.165, 1.54) is 21.3 Å². The minimum Gasteiger partial charge on any atom is -0.508 e. The van der Waals surface area contributed by atoms with Crippen molar-refractivity contribution in [3.05, 3.63) is 124 Å². The van der Waals surface area contributed by atoms with E-state index in [1.54, 1.807) is 31.4 Å². The molecule has 17 heteroatoms. The van der Waals surface area contributed by atoms with Gasteiger partial charge in [0.15, 0.2) is 0 Å². The fourth-order valence-corrected chi connectivity index (χ4v) is 7.90. The van der Waals surface area contributed by atoms with E-state index in [4.69, 9.17) is 48.1 Å². The summed E-state index contributed by atoms with van der Waals surface area (Å²) in [5.41, 5.74) is 8.34. The van der Waals surface area contributed by atoms with Crippen LogP contribution in [0.2, 0.25) is 0 Å². The SMILES string of the molecule is COCCOCCOCCOc1ccc(-c2cc(CN3CCN(CC(=O)OC)Cc4cccc(n4)CN(Cc4cc(-c5ccc(O)cc5C)cc(C(=O)OC)n4)CC3)nc(C(=O)OC)c2)c(C)c1. The van der Waals surface area contributed by atoms with Crippen molar-refractivity contribution in [1.29, 1.82) is 0 Å². The summed E-state index contributed by atoms with van der Waals surface area (Å²) in [7, 11) is 5.67. The summed E-state index contributed by atoms with van der Waals surface area (Å²) in [6.07, 6.45) is 0. The highest BCUT2D eigenvalue weighted by molar-refractivity contribution is 5.90. The number of phenols is 1. The second kappa shape index (κ2) is 25.7. The number of aryl methyl sites for hydroxylation is 2. The quantitative estimate of drug-likeness (QED) is 0.0573. The van der Waals surface area contributed by atoms with Gasteiger partial charge in [-0.25, -0.2) is 19.6 Å². The zero-order valence-corrected chi connectivity index (χ0v) is 39.8. The van der Waals surface area contributed by atoms with Crippen molar-refractivity contribution in [2.75, 3.05) is 101 Å². The number of pyridine rings is 3. The molecule has 4 heterocycles. The smallest absolute Gasteiger partial charge is 0.356 e. The van der Waals surface area contributed by atoms with Crippen LogP contribution in [-0.4, -0.2) is 153 Å². The van der Waals surface area contributed by atoms with Gasteiger partial charge < -0.3 is 38.3 Å². The molecule has 362 valence electrons. The topological polar surface area (TPSA) is 184 Å². The third kappa shape index (κ3) is 15.1. The lowest BCUT2D eigenvalue weighted by Crippen LogP contribution is -2.41. The second-order valence-corrected chi connectivity index (χ2v) is 16.4. The predicted octanol–water partition coefficient (Wildman–Crippen LogP) is 5.65. The molecule has 0 amide bonds. The van der Waals surface area contributed by atoms with Gasteiger partial charge in [0.2, 0.25) is 0 Å². The molecule has 1 aliphatic rings. The molecule has 0 aliphatic carbocycles. The molecule has 2 aromatic carbocycles. The standard InChI is InChI=1S/C51H62N6O11/c1-35-24-43(58)10-12-45(35)37-27-42(54-48(28-37)51(61)65-6)33-56-16-14-55(15-17-57(34-49(59)63-4)31-40-9-7-8-39(30-56)52-40)32-41-26-38(29-47(53-41)50(60)64-5)46-13-11-44(25-36(46)2)68-23-22-67-21-20-66-19-18-62-3/h7-13,24-29,58H,14-23,30-34H2,1-6H3. The number of hydrogen-bond donors (Lipinski definition) is 1. The van der Waals surface area contributed by atoms with Crippen LogP contribution < -0.4 is 4.74 Å². The number of carbonyl (C=O) groups excluding carboxylic acids is 3. The highest BCUT2D eigenvalue weighted by Gasteiger charge is 2.22. The Bertz CT molecular complexity index is 2490. The van der Waals surface area contributed by atoms with Crippen molar-refractivity contribution < 1.29 is 52.6 Å². The molecule has 0 radical (unpaired) electrons. The Morgan fingerprint density at radius 2 is 1.10 bits per heavy atom. The van der Waals surface area contributed by atoms with Crippen molar-refractivity contribution in [2.24, 2.45) is 0 Å². The number of hydrogen-bond acceptors (Lipinski definition) is 17.